The van der Waals surface area contributed by atoms with E-state index in [0.29, 0.717) is 30.4 Å². The molecule has 2 aliphatic rings. The summed E-state index contributed by atoms with van der Waals surface area (Å²) in [6.07, 6.45) is -3.54. The van der Waals surface area contributed by atoms with Crippen molar-refractivity contribution in [3.05, 3.63) is 58.8 Å². The number of hydrogen-bond acceptors (Lipinski definition) is 11. The van der Waals surface area contributed by atoms with Gasteiger partial charge >= 0.3 is 12.2 Å². The first-order valence-corrected chi connectivity index (χ1v) is 15.7. The molecule has 7 rings (SSSR count). The molecule has 2 N–H and O–H groups in total. The molecule has 5 heterocycles. The van der Waals surface area contributed by atoms with Crippen molar-refractivity contribution >= 4 is 43.1 Å². The van der Waals surface area contributed by atoms with Crippen LogP contribution in [0.3, 0.4) is 0 Å². The number of ether oxygens (including phenoxy) is 1. The Labute approximate surface area is 277 Å². The second-order valence-corrected chi connectivity index (χ2v) is 13.1. The molecule has 17 heteroatoms. The minimum absolute atomic E-state index is 0.0582. The van der Waals surface area contributed by atoms with Gasteiger partial charge in [0.05, 0.1) is 27.9 Å². The average Bonchev–Trinajstić information content (AvgIpc) is 3.82. The maximum Gasteiger partial charge on any atom is 0.417 e. The third-order valence-corrected chi connectivity index (χ3v) is 10.1. The number of rotatable bonds is 7. The van der Waals surface area contributed by atoms with Crippen molar-refractivity contribution in [1.82, 2.24) is 19.9 Å². The smallest absolute Gasteiger partial charge is 0.417 e. The van der Waals surface area contributed by atoms with Gasteiger partial charge in [0.15, 0.2) is 12.2 Å². The molecule has 0 aliphatic carbocycles. The summed E-state index contributed by atoms with van der Waals surface area (Å²) >= 11 is 0.658. The molecule has 10 nitrogen and oxygen atoms in total. The van der Waals surface area contributed by atoms with Crippen LogP contribution in [0.5, 0.6) is 6.01 Å². The molecule has 0 spiro atoms. The van der Waals surface area contributed by atoms with Crippen molar-refractivity contribution in [1.29, 1.82) is 10.5 Å². The first kappa shape index (κ1) is 32.4. The molecule has 0 saturated carbocycles. The number of aromatic nitrogens is 3. The van der Waals surface area contributed by atoms with Crippen molar-refractivity contribution < 1.29 is 35.5 Å². The first-order chi connectivity index (χ1) is 23.3. The summed E-state index contributed by atoms with van der Waals surface area (Å²) in [4.78, 5) is 15.9. The molecule has 0 bridgehead atoms. The molecule has 2 unspecified atom stereocenters. The van der Waals surface area contributed by atoms with Crippen LogP contribution in [0.1, 0.15) is 41.8 Å². The van der Waals surface area contributed by atoms with Crippen LogP contribution in [-0.4, -0.2) is 58.3 Å². The second kappa shape index (κ2) is 11.8. The number of thiophene rings is 1. The number of nitrogen functional groups attached to an aromatic ring is 1. The van der Waals surface area contributed by atoms with Crippen molar-refractivity contribution in [2.75, 3.05) is 37.4 Å². The predicted molar refractivity (Wildman–Crippen MR) is 166 cm³/mol. The largest absolute Gasteiger partial charge is 0.461 e. The standard InChI is InChI=1S/C32H24F6N8O2S/c1-45(12-21-22(10-40)48-14-42-21)29-17-7-19(32(36,37)38)24(16-3-4-20(34)27-23(16)18(9-39)28(41)49-27)25(35)26(17)43-30(44-29)47-13-31-5-2-6-46(31)11-15(33)8-31/h3-4,7,14-15H,2,5-6,8,11-13,41H2,1H3. The van der Waals surface area contributed by atoms with Crippen LogP contribution >= 0.6 is 11.3 Å². The van der Waals surface area contributed by atoms with E-state index in [9.17, 15) is 32.5 Å². The van der Waals surface area contributed by atoms with E-state index in [1.54, 1.807) is 6.07 Å². The normalized spacial score (nSPS) is 19.3. The van der Waals surface area contributed by atoms with Gasteiger partial charge < -0.3 is 19.8 Å². The van der Waals surface area contributed by atoms with Crippen LogP contribution < -0.4 is 15.4 Å². The van der Waals surface area contributed by atoms with E-state index in [4.69, 9.17) is 14.9 Å². The maximum absolute atomic E-state index is 16.9. The summed E-state index contributed by atoms with van der Waals surface area (Å²) in [5.41, 5.74) is 1.73. The third-order valence-electron chi connectivity index (χ3n) is 9.12. The van der Waals surface area contributed by atoms with Crippen molar-refractivity contribution in [2.24, 2.45) is 0 Å². The number of nitrogens with two attached hydrogens (primary N) is 1. The summed E-state index contributed by atoms with van der Waals surface area (Å²) in [5.74, 6) is -2.61. The molecular formula is C32H24F6N8O2S. The van der Waals surface area contributed by atoms with Gasteiger partial charge in [-0.3, -0.25) is 4.90 Å². The Morgan fingerprint density at radius 1 is 1.22 bits per heavy atom. The summed E-state index contributed by atoms with van der Waals surface area (Å²) < 4.78 is 102. The van der Waals surface area contributed by atoms with Gasteiger partial charge in [0.2, 0.25) is 5.76 Å². The molecule has 49 heavy (non-hydrogen) atoms. The lowest BCUT2D eigenvalue weighted by Gasteiger charge is -2.31. The molecule has 2 aliphatic heterocycles. The van der Waals surface area contributed by atoms with Gasteiger partial charge in [-0.15, -0.1) is 11.3 Å². The molecule has 3 aromatic heterocycles. The lowest BCUT2D eigenvalue weighted by Crippen LogP contribution is -2.43. The number of alkyl halides is 4. The fourth-order valence-electron chi connectivity index (χ4n) is 6.96. The molecule has 2 aromatic carbocycles. The van der Waals surface area contributed by atoms with E-state index in [2.05, 4.69) is 15.0 Å². The van der Waals surface area contributed by atoms with Crippen LogP contribution in [-0.2, 0) is 12.7 Å². The number of nitrogens with zero attached hydrogens (tertiary/aromatic N) is 7. The van der Waals surface area contributed by atoms with Crippen LogP contribution in [0.2, 0.25) is 0 Å². The minimum Gasteiger partial charge on any atom is -0.461 e. The molecule has 252 valence electrons. The highest BCUT2D eigenvalue weighted by molar-refractivity contribution is 7.23. The fourth-order valence-corrected chi connectivity index (χ4v) is 7.91. The Bertz CT molecular complexity index is 2220. The van der Waals surface area contributed by atoms with E-state index in [0.717, 1.165) is 24.9 Å². The Hall–Kier alpha value is -5.13. The Morgan fingerprint density at radius 3 is 2.76 bits per heavy atom. The Balaban J connectivity index is 1.46. The number of nitriles is 2. The van der Waals surface area contributed by atoms with Gasteiger partial charge in [0.25, 0.3) is 0 Å². The highest BCUT2D eigenvalue weighted by Gasteiger charge is 2.49. The van der Waals surface area contributed by atoms with Gasteiger partial charge in [-0.1, -0.05) is 6.07 Å². The fraction of sp³-hybridized carbons (Fsp3) is 0.344. The van der Waals surface area contributed by atoms with E-state index in [1.165, 1.54) is 11.9 Å². The van der Waals surface area contributed by atoms with Crippen molar-refractivity contribution in [3.63, 3.8) is 0 Å². The molecule has 0 radical (unpaired) electrons. The zero-order valence-electron chi connectivity index (χ0n) is 25.5. The van der Waals surface area contributed by atoms with E-state index in [1.807, 2.05) is 11.0 Å². The molecule has 2 saturated heterocycles. The van der Waals surface area contributed by atoms with Gasteiger partial charge in [-0.25, -0.2) is 18.2 Å². The zero-order valence-corrected chi connectivity index (χ0v) is 26.4. The van der Waals surface area contributed by atoms with E-state index >= 15 is 4.39 Å². The second-order valence-electron chi connectivity index (χ2n) is 12.0. The summed E-state index contributed by atoms with van der Waals surface area (Å²) in [5, 5.41) is 18.4. The summed E-state index contributed by atoms with van der Waals surface area (Å²) in [7, 11) is 1.44. The van der Waals surface area contributed by atoms with Crippen LogP contribution in [0.4, 0.5) is 37.2 Å². The molecule has 2 fully saturated rings. The quantitative estimate of drug-likeness (QED) is 0.182. The van der Waals surface area contributed by atoms with E-state index < -0.39 is 51.7 Å². The number of halogens is 6. The predicted octanol–water partition coefficient (Wildman–Crippen LogP) is 6.71. The third kappa shape index (κ3) is 5.33. The van der Waals surface area contributed by atoms with Gasteiger partial charge in [0, 0.05) is 36.3 Å². The molecule has 5 aromatic rings. The maximum atomic E-state index is 16.9. The number of anilines is 2. The molecule has 2 atom stereocenters. The molecule has 0 amide bonds. The van der Waals surface area contributed by atoms with Crippen molar-refractivity contribution in [2.45, 2.75) is 43.7 Å². The van der Waals surface area contributed by atoms with Crippen molar-refractivity contribution in [3.8, 4) is 29.3 Å². The Kier molecular flexibility index (Phi) is 7.79. The Morgan fingerprint density at radius 2 is 2.02 bits per heavy atom. The lowest BCUT2D eigenvalue weighted by atomic mass is 9.92. The van der Waals surface area contributed by atoms with Gasteiger partial charge in [-0.05, 0) is 37.1 Å². The number of fused-ring (bicyclic) bond motifs is 3. The summed E-state index contributed by atoms with van der Waals surface area (Å²) in [6, 6.07) is 5.76. The number of oxazole rings is 1. The van der Waals surface area contributed by atoms with Crippen LogP contribution in [0, 0.1) is 34.3 Å². The number of benzene rings is 2. The minimum atomic E-state index is -5.15. The highest BCUT2D eigenvalue weighted by atomic mass is 32.1. The van der Waals surface area contributed by atoms with Crippen LogP contribution in [0.15, 0.2) is 29.0 Å². The van der Waals surface area contributed by atoms with E-state index in [-0.39, 0.29) is 75.4 Å². The zero-order chi connectivity index (χ0) is 34.8. The lowest BCUT2D eigenvalue weighted by molar-refractivity contribution is -0.137. The van der Waals surface area contributed by atoms with Crippen LogP contribution in [0.25, 0.3) is 32.1 Å². The SMILES string of the molecule is CN(Cc1ncoc1C#N)c1nc(OCC23CCCN2CC(F)C3)nc2c(F)c(-c3ccc(F)c4sc(N)c(C#N)c34)c(C(F)(F)F)cc12. The van der Waals surface area contributed by atoms with Gasteiger partial charge in [0.1, 0.15) is 52.8 Å². The number of hydrogen-bond donors (Lipinski definition) is 1. The topological polar surface area (TPSA) is 141 Å². The summed E-state index contributed by atoms with van der Waals surface area (Å²) in [6.45, 7) is 0.654. The average molecular weight is 699 g/mol. The van der Waals surface area contributed by atoms with Gasteiger partial charge in [-0.2, -0.15) is 33.7 Å². The highest BCUT2D eigenvalue weighted by Crippen LogP contribution is 2.48. The molecular weight excluding hydrogens is 674 g/mol. The monoisotopic (exact) mass is 698 g/mol. The first-order valence-electron chi connectivity index (χ1n) is 14.9.